The Kier molecular flexibility index (Phi) is 9.11. The molecule has 1 saturated carbocycles. The van der Waals surface area contributed by atoms with E-state index in [0.29, 0.717) is 36.8 Å². The van der Waals surface area contributed by atoms with Crippen LogP contribution in [0.5, 0.6) is 0 Å². The first-order valence-electron chi connectivity index (χ1n) is 14.0. The van der Waals surface area contributed by atoms with Crippen LogP contribution in [-0.4, -0.2) is 47.0 Å². The summed E-state index contributed by atoms with van der Waals surface area (Å²) in [6.07, 6.45) is 6.05. The lowest BCUT2D eigenvalue weighted by molar-refractivity contribution is -0.139. The van der Waals surface area contributed by atoms with E-state index in [1.54, 1.807) is 18.2 Å². The van der Waals surface area contributed by atoms with E-state index in [-0.39, 0.29) is 11.4 Å². The van der Waals surface area contributed by atoms with E-state index < -0.39 is 12.7 Å². The first-order valence-corrected chi connectivity index (χ1v) is 14.0. The fraction of sp³-hybridized carbons (Fsp3) is 0.484. The molecule has 0 bridgehead atoms. The fourth-order valence-corrected chi connectivity index (χ4v) is 5.22. The van der Waals surface area contributed by atoms with E-state index in [9.17, 15) is 13.2 Å². The van der Waals surface area contributed by atoms with Crippen LogP contribution in [0.15, 0.2) is 59.3 Å². The molecule has 2 heterocycles. The normalized spacial score (nSPS) is 15.4. The zero-order valence-corrected chi connectivity index (χ0v) is 23.8. The summed E-state index contributed by atoms with van der Waals surface area (Å²) in [5.41, 5.74) is 3.49. The molecule has 3 aromatic rings. The number of amidine groups is 1. The maximum absolute atomic E-state index is 13.7. The van der Waals surface area contributed by atoms with Crippen molar-refractivity contribution in [2.45, 2.75) is 83.6 Å². The SMILES string of the molecule is C=N/C(=N\CCCNC(=C)c1ccn(C(C)(C)C)c1)c1cc2c(NC3CCCCC3)cccc2n1CC(F)(F)F. The molecule has 0 amide bonds. The number of hydrogen-bond donors (Lipinski definition) is 2. The summed E-state index contributed by atoms with van der Waals surface area (Å²) < 4.78 is 44.4. The maximum Gasteiger partial charge on any atom is 0.406 e. The average Bonchev–Trinajstić information content (AvgIpc) is 3.53. The summed E-state index contributed by atoms with van der Waals surface area (Å²) >= 11 is 0. The van der Waals surface area contributed by atoms with E-state index in [0.717, 1.165) is 48.0 Å². The minimum absolute atomic E-state index is 0.0113. The van der Waals surface area contributed by atoms with E-state index in [1.807, 2.05) is 18.3 Å². The molecule has 1 aliphatic rings. The summed E-state index contributed by atoms with van der Waals surface area (Å²) in [6, 6.07) is 9.57. The molecule has 1 aliphatic carbocycles. The molecule has 0 aliphatic heterocycles. The number of rotatable bonds is 10. The van der Waals surface area contributed by atoms with Crippen LogP contribution in [-0.2, 0) is 12.1 Å². The summed E-state index contributed by atoms with van der Waals surface area (Å²) in [5, 5.41) is 7.64. The zero-order valence-electron chi connectivity index (χ0n) is 23.8. The van der Waals surface area contributed by atoms with Crippen LogP contribution < -0.4 is 10.6 Å². The third kappa shape index (κ3) is 7.37. The van der Waals surface area contributed by atoms with Gasteiger partial charge in [-0.05, 0) is 71.0 Å². The molecule has 40 heavy (non-hydrogen) atoms. The number of halogens is 3. The van der Waals surface area contributed by atoms with Gasteiger partial charge in [-0.2, -0.15) is 13.2 Å². The summed E-state index contributed by atoms with van der Waals surface area (Å²) in [6.45, 7) is 14.1. The Morgan fingerprint density at radius 3 is 2.50 bits per heavy atom. The van der Waals surface area contributed by atoms with Crippen molar-refractivity contribution in [3.63, 3.8) is 0 Å². The lowest BCUT2D eigenvalue weighted by atomic mass is 9.95. The van der Waals surface area contributed by atoms with Gasteiger partial charge in [0, 0.05) is 59.4 Å². The Balaban J connectivity index is 1.49. The highest BCUT2D eigenvalue weighted by Crippen LogP contribution is 2.32. The van der Waals surface area contributed by atoms with Gasteiger partial charge in [0.1, 0.15) is 6.54 Å². The number of alkyl halides is 3. The van der Waals surface area contributed by atoms with E-state index >= 15 is 0 Å². The predicted octanol–water partition coefficient (Wildman–Crippen LogP) is 7.60. The number of aliphatic imine (C=N–C) groups is 2. The van der Waals surface area contributed by atoms with Gasteiger partial charge in [-0.25, -0.2) is 4.99 Å². The first-order chi connectivity index (χ1) is 19.0. The van der Waals surface area contributed by atoms with Crippen LogP contribution >= 0.6 is 0 Å². The first kappa shape index (κ1) is 29.5. The Morgan fingerprint density at radius 1 is 1.10 bits per heavy atom. The number of fused-ring (bicyclic) bond motifs is 1. The van der Waals surface area contributed by atoms with Gasteiger partial charge in [0.2, 0.25) is 0 Å². The van der Waals surface area contributed by atoms with Crippen molar-refractivity contribution in [1.82, 2.24) is 14.5 Å². The lowest BCUT2D eigenvalue weighted by Crippen LogP contribution is -2.22. The van der Waals surface area contributed by atoms with Crippen molar-refractivity contribution in [2.75, 3.05) is 18.4 Å². The summed E-state index contributed by atoms with van der Waals surface area (Å²) in [5.74, 6) is 0.213. The number of nitrogens with zero attached hydrogens (tertiary/aromatic N) is 4. The van der Waals surface area contributed by atoms with Gasteiger partial charge in [-0.3, -0.25) is 4.99 Å². The average molecular weight is 555 g/mol. The standard InChI is InChI=1S/C31H41F3N6/c1-22(23-15-18-39(20-23)30(2,3)4)36-16-10-17-37-29(35-5)28-19-25-26(38-24-11-7-6-8-12-24)13-9-14-27(25)40(28)21-31(32,33)34/h9,13-15,18-20,24,36,38H,1,5-8,10-12,16-17,21H2,2-4H3/b37-29-. The number of benzene rings is 1. The molecule has 0 radical (unpaired) electrons. The minimum Gasteiger partial charge on any atom is -0.385 e. The Hall–Kier alpha value is -3.49. The highest BCUT2D eigenvalue weighted by molar-refractivity contribution is 6.06. The Bertz CT molecular complexity index is 1350. The molecular formula is C31H41F3N6. The molecule has 6 nitrogen and oxygen atoms in total. The molecule has 1 aromatic carbocycles. The molecule has 2 N–H and O–H groups in total. The highest BCUT2D eigenvalue weighted by atomic mass is 19.4. The summed E-state index contributed by atoms with van der Waals surface area (Å²) in [4.78, 5) is 8.60. The van der Waals surface area contributed by atoms with Crippen molar-refractivity contribution >= 4 is 34.8 Å². The molecule has 2 aromatic heterocycles. The highest BCUT2D eigenvalue weighted by Gasteiger charge is 2.31. The molecule has 0 unspecified atom stereocenters. The van der Waals surface area contributed by atoms with Crippen molar-refractivity contribution < 1.29 is 13.2 Å². The molecule has 0 atom stereocenters. The molecule has 4 rings (SSSR count). The number of hydrogen-bond acceptors (Lipinski definition) is 3. The summed E-state index contributed by atoms with van der Waals surface area (Å²) in [7, 11) is 0. The molecule has 0 saturated heterocycles. The second-order valence-electron chi connectivity index (χ2n) is 11.5. The van der Waals surface area contributed by atoms with Crippen LogP contribution in [0.25, 0.3) is 16.6 Å². The van der Waals surface area contributed by atoms with Gasteiger partial charge >= 0.3 is 6.18 Å². The van der Waals surface area contributed by atoms with Crippen molar-refractivity contribution in [3.8, 4) is 0 Å². The number of anilines is 1. The van der Waals surface area contributed by atoms with Crippen molar-refractivity contribution in [3.05, 3.63) is 60.6 Å². The number of aromatic nitrogens is 2. The second-order valence-corrected chi connectivity index (χ2v) is 11.5. The topological polar surface area (TPSA) is 58.6 Å². The smallest absolute Gasteiger partial charge is 0.385 e. The largest absolute Gasteiger partial charge is 0.406 e. The maximum atomic E-state index is 13.7. The van der Waals surface area contributed by atoms with Crippen LogP contribution in [0.4, 0.5) is 18.9 Å². The van der Waals surface area contributed by atoms with Crippen LogP contribution in [0.3, 0.4) is 0 Å². The second kappa shape index (κ2) is 12.4. The van der Waals surface area contributed by atoms with E-state index in [2.05, 4.69) is 65.4 Å². The van der Waals surface area contributed by atoms with Crippen LogP contribution in [0.2, 0.25) is 0 Å². The van der Waals surface area contributed by atoms with E-state index in [4.69, 9.17) is 0 Å². The van der Waals surface area contributed by atoms with Gasteiger partial charge in [0.15, 0.2) is 5.84 Å². The lowest BCUT2D eigenvalue weighted by Gasteiger charge is -2.24. The quantitative estimate of drug-likeness (QED) is 0.154. The van der Waals surface area contributed by atoms with Gasteiger partial charge in [0.25, 0.3) is 0 Å². The Morgan fingerprint density at radius 2 is 1.85 bits per heavy atom. The van der Waals surface area contributed by atoms with Crippen LogP contribution in [0.1, 0.15) is 70.6 Å². The van der Waals surface area contributed by atoms with Crippen molar-refractivity contribution in [2.24, 2.45) is 9.98 Å². The Labute approximate surface area is 235 Å². The van der Waals surface area contributed by atoms with Gasteiger partial charge < -0.3 is 19.8 Å². The molecular weight excluding hydrogens is 513 g/mol. The van der Waals surface area contributed by atoms with Gasteiger partial charge in [0.05, 0.1) is 11.2 Å². The van der Waals surface area contributed by atoms with Gasteiger partial charge in [-0.1, -0.05) is 31.9 Å². The third-order valence-corrected chi connectivity index (χ3v) is 7.38. The van der Waals surface area contributed by atoms with Gasteiger partial charge in [-0.15, -0.1) is 0 Å². The predicted molar refractivity (Wildman–Crippen MR) is 161 cm³/mol. The van der Waals surface area contributed by atoms with E-state index in [1.165, 1.54) is 11.0 Å². The minimum atomic E-state index is -4.39. The van der Waals surface area contributed by atoms with Crippen molar-refractivity contribution in [1.29, 1.82) is 0 Å². The molecule has 1 fully saturated rings. The fourth-order valence-electron chi connectivity index (χ4n) is 5.22. The number of nitrogens with one attached hydrogen (secondary N) is 2. The zero-order chi connectivity index (χ0) is 28.9. The van der Waals surface area contributed by atoms with Crippen LogP contribution in [0, 0.1) is 0 Å². The molecule has 216 valence electrons. The third-order valence-electron chi connectivity index (χ3n) is 7.38. The monoisotopic (exact) mass is 554 g/mol. The molecule has 0 spiro atoms. The molecule has 9 heteroatoms.